The first-order valence-electron chi connectivity index (χ1n) is 7.36. The molecule has 1 aliphatic carbocycles. The van der Waals surface area contributed by atoms with Crippen molar-refractivity contribution in [3.05, 3.63) is 35.9 Å². The van der Waals surface area contributed by atoms with E-state index in [1.165, 1.54) is 6.08 Å². The van der Waals surface area contributed by atoms with Crippen LogP contribution in [0.15, 0.2) is 30.3 Å². The second-order valence-corrected chi connectivity index (χ2v) is 5.74. The fourth-order valence-electron chi connectivity index (χ4n) is 2.61. The molecule has 0 radical (unpaired) electrons. The molecule has 0 heterocycles. The Kier molecular flexibility index (Phi) is 5.14. The molecular formula is C17H21NO3. The van der Waals surface area contributed by atoms with E-state index in [1.807, 2.05) is 0 Å². The van der Waals surface area contributed by atoms with E-state index in [0.717, 1.165) is 48.9 Å². The Morgan fingerprint density at radius 2 is 1.76 bits per heavy atom. The molecule has 0 aromatic heterocycles. The summed E-state index contributed by atoms with van der Waals surface area (Å²) in [7, 11) is 0. The maximum absolute atomic E-state index is 12.2. The first-order chi connectivity index (χ1) is 10.0. The molecule has 21 heavy (non-hydrogen) atoms. The smallest absolute Gasteiger partial charge is 0.328 e. The maximum Gasteiger partial charge on any atom is 0.328 e. The van der Waals surface area contributed by atoms with Crippen LogP contribution in [0, 0.1) is 11.8 Å². The van der Waals surface area contributed by atoms with E-state index in [1.54, 1.807) is 24.3 Å². The predicted molar refractivity (Wildman–Crippen MR) is 82.9 cm³/mol. The normalized spacial score (nSPS) is 22.1. The summed E-state index contributed by atoms with van der Waals surface area (Å²) in [5.74, 6) is -0.0308. The van der Waals surface area contributed by atoms with Gasteiger partial charge in [0.15, 0.2) is 0 Å². The predicted octanol–water partition coefficient (Wildman–Crippen LogP) is 3.55. The maximum atomic E-state index is 12.2. The van der Waals surface area contributed by atoms with E-state index in [9.17, 15) is 9.59 Å². The average Bonchev–Trinajstić information content (AvgIpc) is 2.47. The molecule has 112 valence electrons. The lowest BCUT2D eigenvalue weighted by molar-refractivity contribution is -0.131. The van der Waals surface area contributed by atoms with Crippen molar-refractivity contribution in [1.82, 2.24) is 0 Å². The number of hydrogen-bond acceptors (Lipinski definition) is 2. The van der Waals surface area contributed by atoms with Crippen molar-refractivity contribution in [2.75, 3.05) is 5.32 Å². The second-order valence-electron chi connectivity index (χ2n) is 5.74. The fourth-order valence-corrected chi connectivity index (χ4v) is 2.61. The summed E-state index contributed by atoms with van der Waals surface area (Å²) < 4.78 is 0. The Balaban J connectivity index is 1.91. The van der Waals surface area contributed by atoms with Crippen LogP contribution >= 0.6 is 0 Å². The molecule has 4 nitrogen and oxygen atoms in total. The van der Waals surface area contributed by atoms with Gasteiger partial charge in [0.2, 0.25) is 5.91 Å². The van der Waals surface area contributed by atoms with Crippen molar-refractivity contribution in [2.45, 2.75) is 32.6 Å². The summed E-state index contributed by atoms with van der Waals surface area (Å²) in [6.45, 7) is 2.23. The van der Waals surface area contributed by atoms with Crippen LogP contribution in [0.3, 0.4) is 0 Å². The molecule has 1 amide bonds. The van der Waals surface area contributed by atoms with E-state index >= 15 is 0 Å². The number of carboxylic acid groups (broad SMARTS) is 1. The molecule has 0 saturated heterocycles. The highest BCUT2D eigenvalue weighted by molar-refractivity contribution is 5.92. The molecule has 2 rings (SSSR count). The third kappa shape index (κ3) is 4.74. The molecular weight excluding hydrogens is 266 g/mol. The Bertz CT molecular complexity index is 525. The van der Waals surface area contributed by atoms with Gasteiger partial charge in [-0.3, -0.25) is 4.79 Å². The van der Waals surface area contributed by atoms with Gasteiger partial charge >= 0.3 is 5.97 Å². The third-order valence-electron chi connectivity index (χ3n) is 3.98. The zero-order chi connectivity index (χ0) is 15.2. The van der Waals surface area contributed by atoms with Crippen molar-refractivity contribution < 1.29 is 14.7 Å². The molecule has 1 aliphatic rings. The van der Waals surface area contributed by atoms with Gasteiger partial charge in [-0.25, -0.2) is 4.79 Å². The van der Waals surface area contributed by atoms with Crippen LogP contribution in [0.2, 0.25) is 0 Å². The number of amides is 1. The number of aliphatic carboxylic acids is 1. The lowest BCUT2D eigenvalue weighted by Crippen LogP contribution is -2.26. The highest BCUT2D eigenvalue weighted by atomic mass is 16.4. The summed E-state index contributed by atoms with van der Waals surface area (Å²) in [4.78, 5) is 22.6. The number of rotatable bonds is 4. The Hall–Kier alpha value is -2.10. The van der Waals surface area contributed by atoms with Gasteiger partial charge < -0.3 is 10.4 Å². The molecule has 0 spiro atoms. The minimum absolute atomic E-state index is 0.0933. The van der Waals surface area contributed by atoms with E-state index in [2.05, 4.69) is 12.2 Å². The molecule has 0 unspecified atom stereocenters. The number of carbonyl (C=O) groups excluding carboxylic acids is 1. The zero-order valence-corrected chi connectivity index (χ0v) is 12.2. The van der Waals surface area contributed by atoms with E-state index < -0.39 is 5.97 Å². The Morgan fingerprint density at radius 1 is 1.14 bits per heavy atom. The Morgan fingerprint density at radius 3 is 2.33 bits per heavy atom. The molecule has 1 aromatic carbocycles. The van der Waals surface area contributed by atoms with Crippen LogP contribution < -0.4 is 5.32 Å². The molecule has 1 fully saturated rings. The van der Waals surface area contributed by atoms with Crippen LogP contribution in [-0.2, 0) is 9.59 Å². The van der Waals surface area contributed by atoms with Crippen molar-refractivity contribution in [3.8, 4) is 0 Å². The first kappa shape index (κ1) is 15.3. The second kappa shape index (κ2) is 7.07. The standard InChI is InChI=1S/C17H21NO3/c1-12-2-7-14(8-3-12)17(21)18-15-9-4-13(5-10-15)6-11-16(19)20/h4-6,9-12,14H,2-3,7-8H2,1H3,(H,18,21)(H,19,20)/b11-6+/t12-,14+. The highest BCUT2D eigenvalue weighted by Gasteiger charge is 2.24. The molecule has 4 heteroatoms. The van der Waals surface area contributed by atoms with Crippen LogP contribution in [0.4, 0.5) is 5.69 Å². The van der Waals surface area contributed by atoms with Crippen molar-refractivity contribution in [2.24, 2.45) is 11.8 Å². The number of carboxylic acids is 1. The van der Waals surface area contributed by atoms with Gasteiger partial charge in [0.05, 0.1) is 0 Å². The quantitative estimate of drug-likeness (QED) is 0.832. The molecule has 0 atom stereocenters. The molecule has 0 bridgehead atoms. The van der Waals surface area contributed by atoms with Crippen LogP contribution in [0.1, 0.15) is 38.2 Å². The SMILES string of the molecule is C[C@H]1CC[C@@H](C(=O)Nc2ccc(/C=C/C(=O)O)cc2)CC1. The average molecular weight is 287 g/mol. The zero-order valence-electron chi connectivity index (χ0n) is 12.2. The van der Waals surface area contributed by atoms with E-state index in [0.29, 0.717) is 0 Å². The number of anilines is 1. The van der Waals surface area contributed by atoms with Gasteiger partial charge in [0, 0.05) is 17.7 Å². The summed E-state index contributed by atoms with van der Waals surface area (Å²) in [5, 5.41) is 11.5. The van der Waals surface area contributed by atoms with Crippen molar-refractivity contribution in [3.63, 3.8) is 0 Å². The number of carbonyl (C=O) groups is 2. The lowest BCUT2D eigenvalue weighted by atomic mass is 9.82. The van der Waals surface area contributed by atoms with Gasteiger partial charge in [-0.15, -0.1) is 0 Å². The largest absolute Gasteiger partial charge is 0.478 e. The third-order valence-corrected chi connectivity index (χ3v) is 3.98. The highest BCUT2D eigenvalue weighted by Crippen LogP contribution is 2.29. The Labute approximate surface area is 124 Å². The fraction of sp³-hybridized carbons (Fsp3) is 0.412. The summed E-state index contributed by atoms with van der Waals surface area (Å²) >= 11 is 0. The van der Waals surface area contributed by atoms with Gasteiger partial charge in [-0.1, -0.05) is 19.1 Å². The van der Waals surface area contributed by atoms with E-state index in [-0.39, 0.29) is 11.8 Å². The number of nitrogens with one attached hydrogen (secondary N) is 1. The van der Waals surface area contributed by atoms with Crippen molar-refractivity contribution >= 4 is 23.6 Å². The molecule has 0 aliphatic heterocycles. The van der Waals surface area contributed by atoms with Gasteiger partial charge in [-0.05, 0) is 55.4 Å². The van der Waals surface area contributed by atoms with Gasteiger partial charge in [-0.2, -0.15) is 0 Å². The van der Waals surface area contributed by atoms with E-state index in [4.69, 9.17) is 5.11 Å². The number of hydrogen-bond donors (Lipinski definition) is 2. The van der Waals surface area contributed by atoms with Crippen LogP contribution in [0.25, 0.3) is 6.08 Å². The topological polar surface area (TPSA) is 66.4 Å². The van der Waals surface area contributed by atoms with Gasteiger partial charge in [0.1, 0.15) is 0 Å². The number of benzene rings is 1. The summed E-state index contributed by atoms with van der Waals surface area (Å²) in [6, 6.07) is 7.17. The summed E-state index contributed by atoms with van der Waals surface area (Å²) in [5.41, 5.74) is 1.55. The van der Waals surface area contributed by atoms with Crippen molar-refractivity contribution in [1.29, 1.82) is 0 Å². The monoisotopic (exact) mass is 287 g/mol. The summed E-state index contributed by atoms with van der Waals surface area (Å²) in [6.07, 6.45) is 6.79. The minimum atomic E-state index is -0.973. The van der Waals surface area contributed by atoms with Crippen LogP contribution in [0.5, 0.6) is 0 Å². The minimum Gasteiger partial charge on any atom is -0.478 e. The first-order valence-corrected chi connectivity index (χ1v) is 7.36. The molecule has 1 saturated carbocycles. The van der Waals surface area contributed by atoms with Crippen LogP contribution in [-0.4, -0.2) is 17.0 Å². The lowest BCUT2D eigenvalue weighted by Gasteiger charge is -2.25. The molecule has 2 N–H and O–H groups in total. The van der Waals surface area contributed by atoms with Gasteiger partial charge in [0.25, 0.3) is 0 Å². The molecule has 1 aromatic rings.